The third-order valence-electron chi connectivity index (χ3n) is 7.19. The van der Waals surface area contributed by atoms with Crippen LogP contribution in [-0.2, 0) is 50.7 Å². The van der Waals surface area contributed by atoms with Crippen LogP contribution in [0.1, 0.15) is 26.5 Å². The van der Waals surface area contributed by atoms with E-state index in [-0.39, 0.29) is 42.2 Å². The van der Waals surface area contributed by atoms with Gasteiger partial charge in [-0.15, -0.1) is 0 Å². The van der Waals surface area contributed by atoms with Crippen molar-refractivity contribution in [2.75, 3.05) is 44.4 Å². The number of aliphatic hydroxyl groups is 4. The number of anilines is 1. The van der Waals surface area contributed by atoms with Gasteiger partial charge in [0.25, 0.3) is 0 Å². The van der Waals surface area contributed by atoms with Crippen molar-refractivity contribution in [3.8, 4) is 0 Å². The van der Waals surface area contributed by atoms with Crippen molar-refractivity contribution in [2.45, 2.75) is 50.9 Å². The molecule has 0 radical (unpaired) electrons. The maximum Gasteiger partial charge on any atom is 0.481 e. The topological polar surface area (TPSA) is 404 Å². The van der Waals surface area contributed by atoms with Crippen LogP contribution >= 0.6 is 35.2 Å². The van der Waals surface area contributed by atoms with Crippen LogP contribution in [0.5, 0.6) is 0 Å². The number of nitrogens with one attached hydrogen (secondary N) is 2. The molecule has 1 fully saturated rings. The molecule has 0 aliphatic carbocycles. The highest BCUT2D eigenvalue weighted by Crippen LogP contribution is 2.61. The van der Waals surface area contributed by atoms with Crippen molar-refractivity contribution in [3.63, 3.8) is 0 Å². The second kappa shape index (κ2) is 19.5. The highest BCUT2D eigenvalue weighted by atomic mass is 32.2. The minimum Gasteiger partial charge on any atom is -0.510 e. The van der Waals surface area contributed by atoms with Gasteiger partial charge >= 0.3 is 23.5 Å². The molecule has 7 atom stereocenters. The van der Waals surface area contributed by atoms with Crippen LogP contribution in [-0.4, -0.2) is 140 Å². The zero-order valence-corrected chi connectivity index (χ0v) is 32.3. The van der Waals surface area contributed by atoms with Gasteiger partial charge in [0.2, 0.25) is 16.9 Å². The van der Waals surface area contributed by atoms with E-state index in [0.29, 0.717) is 0 Å². The zero-order valence-electron chi connectivity index (χ0n) is 28.8. The number of nitrogens with two attached hydrogens (primary N) is 1. The Bertz CT molecular complexity index is 1860. The summed E-state index contributed by atoms with van der Waals surface area (Å²) in [6.07, 6.45) is -6.27. The lowest BCUT2D eigenvalue weighted by Gasteiger charge is -2.30. The summed E-state index contributed by atoms with van der Waals surface area (Å²) in [4.78, 5) is 86.8. The number of nitrogen functional groups attached to an aromatic ring is 1. The lowest BCUT2D eigenvalue weighted by Crippen LogP contribution is -2.46. The fourth-order valence-corrected chi connectivity index (χ4v) is 7.96. The molecule has 310 valence electrons. The van der Waals surface area contributed by atoms with Gasteiger partial charge < -0.3 is 61.1 Å². The van der Waals surface area contributed by atoms with E-state index in [1.165, 1.54) is 13.8 Å². The highest BCUT2D eigenvalue weighted by molar-refractivity contribution is 8.14. The van der Waals surface area contributed by atoms with Crippen molar-refractivity contribution >= 4 is 69.1 Å². The molecule has 0 spiro atoms. The van der Waals surface area contributed by atoms with E-state index in [2.05, 4.69) is 34.4 Å². The average molecular weight is 868 g/mol. The molecule has 3 heterocycles. The Hall–Kier alpha value is -2.94. The van der Waals surface area contributed by atoms with Crippen LogP contribution in [0.25, 0.3) is 11.2 Å². The van der Waals surface area contributed by atoms with E-state index >= 15 is 0 Å². The lowest BCUT2D eigenvalue weighted by atomic mass is 9.87. The van der Waals surface area contributed by atoms with Gasteiger partial charge in [0.1, 0.15) is 48.6 Å². The molecule has 3 rings (SSSR count). The van der Waals surface area contributed by atoms with Crippen molar-refractivity contribution in [1.29, 1.82) is 0 Å². The molecule has 0 bridgehead atoms. The summed E-state index contributed by atoms with van der Waals surface area (Å²) in [7, 11) is -16.4. The normalized spacial score (nSPS) is 22.2. The Morgan fingerprint density at radius 1 is 1.09 bits per heavy atom. The Kier molecular flexibility index (Phi) is 16.4. The van der Waals surface area contributed by atoms with Gasteiger partial charge in [0.05, 0.1) is 19.5 Å². The number of ether oxygens (including phenoxy) is 1. The van der Waals surface area contributed by atoms with Gasteiger partial charge in [-0.3, -0.25) is 32.5 Å². The van der Waals surface area contributed by atoms with Crippen molar-refractivity contribution in [2.24, 2.45) is 5.41 Å². The number of aliphatic hydroxyl groups excluding tert-OH is 4. The largest absolute Gasteiger partial charge is 0.510 e. The number of nitrogens with zero attached hydrogens (tertiary/aromatic N) is 4. The molecule has 12 N–H and O–H groups in total. The minimum absolute atomic E-state index is 0.0197. The molecule has 2 aromatic rings. The van der Waals surface area contributed by atoms with E-state index in [1.54, 1.807) is 0 Å². The Morgan fingerprint density at radius 3 is 2.42 bits per heavy atom. The highest BCUT2D eigenvalue weighted by Gasteiger charge is 2.50. The summed E-state index contributed by atoms with van der Waals surface area (Å²) in [6.45, 7) is -0.525. The molecule has 2 amide bonds. The fourth-order valence-electron chi connectivity index (χ4n) is 4.51. The number of thioether (sulfide) groups is 1. The maximum atomic E-state index is 12.6. The maximum absolute atomic E-state index is 12.6. The van der Waals surface area contributed by atoms with Crippen LogP contribution in [0.15, 0.2) is 24.5 Å². The predicted octanol–water partition coefficient (Wildman–Crippen LogP) is -1.90. The number of phosphoric acid groups is 3. The Labute approximate surface area is 314 Å². The molecule has 1 aliphatic rings. The summed E-state index contributed by atoms with van der Waals surface area (Å²) >= 11 is 0.766. The standard InChI is InChI=1S/C25H40N7O19P3S/c1-25(2,20(38)23(39)28-4-3-15(35)27-5-6-55-16(36)7-13(34)8-33)10-48-54(45,46)51-53(43,44)47-9-14-19(50-52(40,41)42)18(37)24(49-14)32-12-31-17-21(26)29-11-30-22(17)32/h7,11-12,14,18-20,24,33-34,37-38H,3-6,8-10H2,1-2H3,(H,27,35)(H,28,39)(H,43,44)(H,45,46)(H2,26,29,30)(H2,40,41,42)/b13-7-/t14-,18-,19-,20?,24-/m1/s1. The molecule has 55 heavy (non-hydrogen) atoms. The van der Waals surface area contributed by atoms with E-state index < -0.39 is 102 Å². The second-order valence-corrected chi connectivity index (χ2v) is 17.4. The van der Waals surface area contributed by atoms with Gasteiger partial charge in [-0.05, 0) is 0 Å². The number of phosphoric ester groups is 3. The van der Waals surface area contributed by atoms with Gasteiger partial charge in [0, 0.05) is 36.8 Å². The molecule has 26 nitrogen and oxygen atoms in total. The minimum atomic E-state index is -5.59. The van der Waals surface area contributed by atoms with Crippen molar-refractivity contribution in [3.05, 3.63) is 24.5 Å². The number of aromatic nitrogens is 4. The molecule has 2 aromatic heterocycles. The van der Waals surface area contributed by atoms with Crippen LogP contribution in [0.4, 0.5) is 5.82 Å². The smallest absolute Gasteiger partial charge is 0.481 e. The molecule has 0 aromatic carbocycles. The van der Waals surface area contributed by atoms with Crippen LogP contribution in [0.2, 0.25) is 0 Å². The van der Waals surface area contributed by atoms with Crippen molar-refractivity contribution < 1.29 is 90.7 Å². The Morgan fingerprint density at radius 2 is 1.76 bits per heavy atom. The van der Waals surface area contributed by atoms with Gasteiger partial charge in [0.15, 0.2) is 17.7 Å². The third kappa shape index (κ3) is 14.2. The number of carbonyl (C=O) groups is 3. The molecule has 3 unspecified atom stereocenters. The molecule has 1 saturated heterocycles. The van der Waals surface area contributed by atoms with E-state index in [9.17, 15) is 57.9 Å². The summed E-state index contributed by atoms with van der Waals surface area (Å²) in [5.74, 6) is -1.98. The first-order chi connectivity index (χ1) is 25.4. The summed E-state index contributed by atoms with van der Waals surface area (Å²) in [5.41, 5.74) is 4.20. The first-order valence-corrected chi connectivity index (χ1v) is 21.0. The second-order valence-electron chi connectivity index (χ2n) is 12.0. The number of imidazole rings is 1. The van der Waals surface area contributed by atoms with E-state index in [4.69, 9.17) is 29.7 Å². The third-order valence-corrected chi connectivity index (χ3v) is 11.1. The van der Waals surface area contributed by atoms with Crippen LogP contribution < -0.4 is 16.4 Å². The number of amides is 2. The van der Waals surface area contributed by atoms with Crippen LogP contribution in [0.3, 0.4) is 0 Å². The monoisotopic (exact) mass is 867 g/mol. The molecule has 30 heteroatoms. The Balaban J connectivity index is 1.50. The molecule has 0 saturated carbocycles. The summed E-state index contributed by atoms with van der Waals surface area (Å²) in [5, 5.41) is 43.4. The number of hydrogen-bond acceptors (Lipinski definition) is 20. The number of carbonyl (C=O) groups excluding carboxylic acids is 3. The molecular formula is C25H40N7O19P3S. The van der Waals surface area contributed by atoms with Gasteiger partial charge in [-0.1, -0.05) is 25.6 Å². The zero-order chi connectivity index (χ0) is 41.4. The molecule has 1 aliphatic heterocycles. The van der Waals surface area contributed by atoms with Crippen molar-refractivity contribution in [1.82, 2.24) is 30.2 Å². The predicted molar refractivity (Wildman–Crippen MR) is 185 cm³/mol. The SMILES string of the molecule is CC(C)(COP(=O)(O)OP(=O)(O)OC[C@H]1O[C@@H](n2cnc3c(N)ncnc32)[C@H](O)[C@@H]1OP(=O)(O)O)C(O)C(=O)NCCC(=O)NCCSC(=O)/C=C(\O)CO. The summed E-state index contributed by atoms with van der Waals surface area (Å²) < 4.78 is 61.9. The van der Waals surface area contributed by atoms with E-state index in [0.717, 1.165) is 35.1 Å². The van der Waals surface area contributed by atoms with Gasteiger partial charge in [-0.2, -0.15) is 4.31 Å². The fraction of sp³-hybridized carbons (Fsp3) is 0.600. The van der Waals surface area contributed by atoms with E-state index in [1.807, 2.05) is 0 Å². The molecular weight excluding hydrogens is 827 g/mol. The number of fused-ring (bicyclic) bond motifs is 1. The van der Waals surface area contributed by atoms with Gasteiger partial charge in [-0.25, -0.2) is 28.6 Å². The quantitative estimate of drug-likeness (QED) is 0.0282. The first kappa shape index (κ1) is 46.4. The summed E-state index contributed by atoms with van der Waals surface area (Å²) in [6, 6.07) is 0. The lowest BCUT2D eigenvalue weighted by molar-refractivity contribution is -0.137. The number of hydrogen-bond donors (Lipinski definition) is 11. The first-order valence-electron chi connectivity index (χ1n) is 15.5. The van der Waals surface area contributed by atoms with Crippen LogP contribution in [0, 0.1) is 5.41 Å². The average Bonchev–Trinajstić information content (AvgIpc) is 3.64. The number of rotatable bonds is 21.